The molecule has 0 heterocycles. The minimum Gasteiger partial charge on any atom is -0.492 e. The Bertz CT molecular complexity index is 421. The van der Waals surface area contributed by atoms with Crippen LogP contribution in [0, 0.1) is 17.1 Å². The summed E-state index contributed by atoms with van der Waals surface area (Å²) in [7, 11) is 1.25. The van der Waals surface area contributed by atoms with E-state index in [1.54, 1.807) is 6.07 Å². The second-order valence-corrected chi connectivity index (χ2v) is 2.68. The van der Waals surface area contributed by atoms with Gasteiger partial charge in [-0.05, 0) is 19.1 Å². The fraction of sp³-hybridized carbons (Fsp3) is 0.200. The summed E-state index contributed by atoms with van der Waals surface area (Å²) in [5, 5.41) is 8.62. The van der Waals surface area contributed by atoms with Crippen LogP contribution in [0.15, 0.2) is 12.1 Å². The molecule has 0 amide bonds. The summed E-state index contributed by atoms with van der Waals surface area (Å²) in [6.07, 6.45) is 0. The number of rotatable bonds is 2. The van der Waals surface area contributed by atoms with E-state index in [1.165, 1.54) is 26.2 Å². The number of carbonyl (C=O) groups excluding carboxylic acids is 1. The Kier molecular flexibility index (Phi) is 2.82. The van der Waals surface area contributed by atoms with Gasteiger partial charge in [-0.1, -0.05) is 0 Å². The topological polar surface area (TPSA) is 50.1 Å². The van der Waals surface area contributed by atoms with Crippen molar-refractivity contribution < 1.29 is 13.9 Å². The van der Waals surface area contributed by atoms with E-state index in [0.29, 0.717) is 0 Å². The van der Waals surface area contributed by atoms with E-state index in [9.17, 15) is 9.18 Å². The molecule has 0 aliphatic carbocycles. The number of ketones is 1. The molecule has 3 nitrogen and oxygen atoms in total. The summed E-state index contributed by atoms with van der Waals surface area (Å²) < 4.78 is 18.2. The first-order valence-electron chi connectivity index (χ1n) is 3.89. The molecule has 4 heteroatoms. The van der Waals surface area contributed by atoms with Gasteiger partial charge in [-0.2, -0.15) is 5.26 Å². The SMILES string of the molecule is COc1c(C#N)ccc(C(C)=O)c1F. The number of Topliss-reactive ketones (excluding diaryl/α,β-unsaturated/α-hetero) is 1. The van der Waals surface area contributed by atoms with Crippen LogP contribution >= 0.6 is 0 Å². The van der Waals surface area contributed by atoms with Crippen molar-refractivity contribution in [1.29, 1.82) is 5.26 Å². The van der Waals surface area contributed by atoms with Crippen molar-refractivity contribution in [3.8, 4) is 11.8 Å². The lowest BCUT2D eigenvalue weighted by Crippen LogP contribution is -2.01. The third-order valence-corrected chi connectivity index (χ3v) is 1.80. The molecule has 0 saturated carbocycles. The van der Waals surface area contributed by atoms with E-state index >= 15 is 0 Å². The predicted octanol–water partition coefficient (Wildman–Crippen LogP) is 1.91. The standard InChI is InChI=1S/C10H8FNO2/c1-6(13)8-4-3-7(5-12)10(14-2)9(8)11/h3-4H,1-2H3. The molecule has 0 N–H and O–H groups in total. The van der Waals surface area contributed by atoms with Crippen molar-refractivity contribution in [1.82, 2.24) is 0 Å². The van der Waals surface area contributed by atoms with Crippen molar-refractivity contribution in [2.75, 3.05) is 7.11 Å². The monoisotopic (exact) mass is 193 g/mol. The molecule has 0 bridgehead atoms. The average Bonchev–Trinajstić information content (AvgIpc) is 2.16. The van der Waals surface area contributed by atoms with Gasteiger partial charge in [0.1, 0.15) is 6.07 Å². The minimum atomic E-state index is -0.779. The van der Waals surface area contributed by atoms with Gasteiger partial charge in [-0.15, -0.1) is 0 Å². The number of ether oxygens (including phenoxy) is 1. The maximum atomic E-state index is 13.5. The molecule has 0 saturated heterocycles. The molecule has 0 unspecified atom stereocenters. The van der Waals surface area contributed by atoms with Crippen LogP contribution in [0.2, 0.25) is 0 Å². The van der Waals surface area contributed by atoms with Gasteiger partial charge in [-0.3, -0.25) is 4.79 Å². The second kappa shape index (κ2) is 3.88. The van der Waals surface area contributed by atoms with Crippen LogP contribution in [0.5, 0.6) is 5.75 Å². The van der Waals surface area contributed by atoms with Gasteiger partial charge < -0.3 is 4.74 Å². The molecule has 1 aromatic carbocycles. The van der Waals surface area contributed by atoms with Gasteiger partial charge >= 0.3 is 0 Å². The first kappa shape index (κ1) is 10.2. The van der Waals surface area contributed by atoms with E-state index < -0.39 is 11.6 Å². The number of hydrogen-bond donors (Lipinski definition) is 0. The van der Waals surface area contributed by atoms with Gasteiger partial charge in [0.25, 0.3) is 0 Å². The second-order valence-electron chi connectivity index (χ2n) is 2.68. The summed E-state index contributed by atoms with van der Waals surface area (Å²) in [5.74, 6) is -1.36. The summed E-state index contributed by atoms with van der Waals surface area (Å²) in [5.41, 5.74) is 0.0100. The first-order chi connectivity index (χ1) is 6.61. The quantitative estimate of drug-likeness (QED) is 0.674. The number of hydrogen-bond acceptors (Lipinski definition) is 3. The average molecular weight is 193 g/mol. The molecule has 1 rings (SSSR count). The maximum Gasteiger partial charge on any atom is 0.177 e. The Hall–Kier alpha value is -1.89. The molecule has 0 atom stereocenters. The molecular weight excluding hydrogens is 185 g/mol. The molecule has 0 aromatic heterocycles. The predicted molar refractivity (Wildman–Crippen MR) is 47.7 cm³/mol. The maximum absolute atomic E-state index is 13.5. The zero-order valence-corrected chi connectivity index (χ0v) is 7.80. The summed E-state index contributed by atoms with van der Waals surface area (Å²) >= 11 is 0. The molecule has 0 aliphatic rings. The number of carbonyl (C=O) groups is 1. The van der Waals surface area contributed by atoms with Crippen LogP contribution in [0.3, 0.4) is 0 Å². The lowest BCUT2D eigenvalue weighted by atomic mass is 10.1. The zero-order chi connectivity index (χ0) is 10.7. The van der Waals surface area contributed by atoms with Crippen molar-refractivity contribution in [2.24, 2.45) is 0 Å². The highest BCUT2D eigenvalue weighted by Gasteiger charge is 2.16. The molecular formula is C10H8FNO2. The highest BCUT2D eigenvalue weighted by Crippen LogP contribution is 2.25. The number of nitriles is 1. The fourth-order valence-electron chi connectivity index (χ4n) is 1.12. The zero-order valence-electron chi connectivity index (χ0n) is 7.80. The third-order valence-electron chi connectivity index (χ3n) is 1.80. The highest BCUT2D eigenvalue weighted by molar-refractivity contribution is 5.95. The van der Waals surface area contributed by atoms with Crippen molar-refractivity contribution in [2.45, 2.75) is 6.92 Å². The molecule has 72 valence electrons. The first-order valence-corrected chi connectivity index (χ1v) is 3.89. The normalized spacial score (nSPS) is 9.29. The largest absolute Gasteiger partial charge is 0.492 e. The van der Waals surface area contributed by atoms with E-state index in [4.69, 9.17) is 10.00 Å². The third kappa shape index (κ3) is 1.57. The van der Waals surface area contributed by atoms with Crippen LogP contribution in [-0.4, -0.2) is 12.9 Å². The molecule has 14 heavy (non-hydrogen) atoms. The smallest absolute Gasteiger partial charge is 0.177 e. The molecule has 0 fully saturated rings. The van der Waals surface area contributed by atoms with E-state index in [0.717, 1.165) is 0 Å². The highest BCUT2D eigenvalue weighted by atomic mass is 19.1. The van der Waals surface area contributed by atoms with Crippen LogP contribution in [0.4, 0.5) is 4.39 Å². The van der Waals surface area contributed by atoms with Crippen LogP contribution in [0.1, 0.15) is 22.8 Å². The van der Waals surface area contributed by atoms with E-state index in [-0.39, 0.29) is 16.9 Å². The van der Waals surface area contributed by atoms with Gasteiger partial charge in [0, 0.05) is 0 Å². The lowest BCUT2D eigenvalue weighted by molar-refractivity contribution is 0.101. The molecule has 1 aromatic rings. The summed E-state index contributed by atoms with van der Waals surface area (Å²) in [4.78, 5) is 11.0. The van der Waals surface area contributed by atoms with Crippen molar-refractivity contribution in [3.05, 3.63) is 29.1 Å². The van der Waals surface area contributed by atoms with Crippen LogP contribution < -0.4 is 4.74 Å². The van der Waals surface area contributed by atoms with Crippen LogP contribution in [0.25, 0.3) is 0 Å². The minimum absolute atomic E-state index is 0.0687. The van der Waals surface area contributed by atoms with E-state index in [2.05, 4.69) is 0 Å². The molecule has 0 radical (unpaired) electrons. The van der Waals surface area contributed by atoms with E-state index in [1.807, 2.05) is 0 Å². The molecule has 0 aliphatic heterocycles. The fourth-order valence-corrected chi connectivity index (χ4v) is 1.12. The Balaban J connectivity index is 3.44. The lowest BCUT2D eigenvalue weighted by Gasteiger charge is -2.06. The number of halogens is 1. The Morgan fingerprint density at radius 1 is 1.57 bits per heavy atom. The van der Waals surface area contributed by atoms with Gasteiger partial charge in [0.15, 0.2) is 17.3 Å². The van der Waals surface area contributed by atoms with Crippen molar-refractivity contribution >= 4 is 5.78 Å². The summed E-state index contributed by atoms with van der Waals surface area (Å²) in [6.45, 7) is 1.25. The van der Waals surface area contributed by atoms with Gasteiger partial charge in [0.2, 0.25) is 0 Å². The Morgan fingerprint density at radius 3 is 2.64 bits per heavy atom. The van der Waals surface area contributed by atoms with Crippen LogP contribution in [-0.2, 0) is 0 Å². The number of methoxy groups -OCH3 is 1. The number of benzene rings is 1. The summed E-state index contributed by atoms with van der Waals surface area (Å²) in [6, 6.07) is 4.41. The van der Waals surface area contributed by atoms with Gasteiger partial charge in [-0.25, -0.2) is 4.39 Å². The Morgan fingerprint density at radius 2 is 2.21 bits per heavy atom. The number of nitrogens with zero attached hydrogens (tertiary/aromatic N) is 1. The van der Waals surface area contributed by atoms with Crippen molar-refractivity contribution in [3.63, 3.8) is 0 Å². The molecule has 0 spiro atoms. The van der Waals surface area contributed by atoms with Gasteiger partial charge in [0.05, 0.1) is 18.2 Å². The Labute approximate surface area is 80.7 Å².